The minimum absolute atomic E-state index is 0.134. The van der Waals surface area contributed by atoms with Crippen molar-refractivity contribution < 1.29 is 14.3 Å². The van der Waals surface area contributed by atoms with E-state index < -0.39 is 0 Å². The van der Waals surface area contributed by atoms with Gasteiger partial charge < -0.3 is 14.0 Å². The molecule has 0 aliphatic rings. The molecule has 0 aliphatic carbocycles. The summed E-state index contributed by atoms with van der Waals surface area (Å²) in [7, 11) is 3.63. The summed E-state index contributed by atoms with van der Waals surface area (Å²) in [5.74, 6) is 0.972. The molecule has 6 heteroatoms. The molecule has 1 aromatic heterocycles. The van der Waals surface area contributed by atoms with Crippen LogP contribution in [0, 0.1) is 0 Å². The fourth-order valence-electron chi connectivity index (χ4n) is 3.52. The van der Waals surface area contributed by atoms with E-state index in [1.54, 1.807) is 37.6 Å². The van der Waals surface area contributed by atoms with Crippen LogP contribution in [0.2, 0.25) is 0 Å². The molecule has 0 bridgehead atoms. The number of carbonyl (C=O) groups excluding carboxylic acids is 1. The lowest BCUT2D eigenvalue weighted by atomic mass is 10.1. The van der Waals surface area contributed by atoms with Crippen molar-refractivity contribution in [3.05, 3.63) is 84.4 Å². The maximum Gasteiger partial charge on any atom is 0.277 e. The highest BCUT2D eigenvalue weighted by Gasteiger charge is 2.15. The number of methoxy groups -OCH3 is 1. The monoisotopic (exact) mass is 413 g/mol. The maximum absolute atomic E-state index is 12.2. The van der Waals surface area contributed by atoms with Crippen LogP contribution >= 0.6 is 0 Å². The van der Waals surface area contributed by atoms with Gasteiger partial charge in [-0.1, -0.05) is 48.5 Å². The van der Waals surface area contributed by atoms with Gasteiger partial charge in [0.2, 0.25) is 0 Å². The Hall–Kier alpha value is -4.06. The zero-order chi connectivity index (χ0) is 21.6. The van der Waals surface area contributed by atoms with Crippen LogP contribution in [0.15, 0.2) is 84.0 Å². The zero-order valence-corrected chi connectivity index (χ0v) is 17.4. The van der Waals surface area contributed by atoms with Crippen molar-refractivity contribution in [2.24, 2.45) is 12.1 Å². The molecular weight excluding hydrogens is 390 g/mol. The van der Waals surface area contributed by atoms with Crippen molar-refractivity contribution in [2.75, 3.05) is 13.7 Å². The molecule has 0 atom stereocenters. The molecule has 0 aliphatic heterocycles. The number of hydrogen-bond acceptors (Lipinski definition) is 4. The van der Waals surface area contributed by atoms with Gasteiger partial charge in [-0.05, 0) is 35.9 Å². The summed E-state index contributed by atoms with van der Waals surface area (Å²) in [5.41, 5.74) is 6.70. The molecule has 0 radical (unpaired) electrons. The number of carbonyl (C=O) groups is 1. The summed E-state index contributed by atoms with van der Waals surface area (Å²) in [6.07, 6.45) is 1.69. The van der Waals surface area contributed by atoms with Gasteiger partial charge in [0.25, 0.3) is 5.91 Å². The summed E-state index contributed by atoms with van der Waals surface area (Å²) in [6.45, 7) is -0.134. The van der Waals surface area contributed by atoms with Gasteiger partial charge in [0, 0.05) is 23.5 Å². The molecule has 0 saturated heterocycles. The number of aryl methyl sites for hydroxylation is 1. The number of aromatic nitrogens is 1. The van der Waals surface area contributed by atoms with E-state index in [1.807, 2.05) is 37.4 Å². The van der Waals surface area contributed by atoms with Crippen molar-refractivity contribution in [1.82, 2.24) is 9.99 Å². The summed E-state index contributed by atoms with van der Waals surface area (Å²) in [5, 5.41) is 5.26. The van der Waals surface area contributed by atoms with Crippen molar-refractivity contribution in [1.29, 1.82) is 0 Å². The van der Waals surface area contributed by atoms with Crippen LogP contribution in [0.1, 0.15) is 5.56 Å². The molecule has 31 heavy (non-hydrogen) atoms. The Bertz CT molecular complexity index is 1210. The SMILES string of the molecule is COc1ccc(OCC(=O)NN=Cc2c(-c3ccccc3)n(C)c3ccccc23)cc1. The van der Waals surface area contributed by atoms with E-state index in [4.69, 9.17) is 9.47 Å². The van der Waals surface area contributed by atoms with E-state index in [0.717, 1.165) is 33.5 Å². The average molecular weight is 413 g/mol. The molecule has 1 amide bonds. The minimum Gasteiger partial charge on any atom is -0.497 e. The molecule has 0 fully saturated rings. The number of hydrazone groups is 1. The number of hydrogen-bond donors (Lipinski definition) is 1. The van der Waals surface area contributed by atoms with Crippen molar-refractivity contribution in [3.63, 3.8) is 0 Å². The van der Waals surface area contributed by atoms with Crippen molar-refractivity contribution >= 4 is 23.0 Å². The van der Waals surface area contributed by atoms with E-state index in [0.29, 0.717) is 5.75 Å². The Balaban J connectivity index is 1.50. The molecule has 0 saturated carbocycles. The second-order valence-corrected chi connectivity index (χ2v) is 6.96. The van der Waals surface area contributed by atoms with Crippen LogP contribution in [-0.2, 0) is 11.8 Å². The molecule has 1 heterocycles. The first-order valence-corrected chi connectivity index (χ1v) is 9.89. The largest absolute Gasteiger partial charge is 0.497 e. The predicted molar refractivity (Wildman–Crippen MR) is 123 cm³/mol. The number of nitrogens with zero attached hydrogens (tertiary/aromatic N) is 2. The molecule has 3 aromatic carbocycles. The predicted octanol–water partition coefficient (Wildman–Crippen LogP) is 4.38. The highest BCUT2D eigenvalue weighted by atomic mass is 16.5. The second kappa shape index (κ2) is 9.17. The topological polar surface area (TPSA) is 64.8 Å². The molecule has 156 valence electrons. The van der Waals surface area contributed by atoms with Crippen LogP contribution in [0.3, 0.4) is 0 Å². The minimum atomic E-state index is -0.339. The Labute approximate surface area is 180 Å². The number of ether oxygens (including phenoxy) is 2. The molecule has 0 spiro atoms. The fraction of sp³-hybridized carbons (Fsp3) is 0.120. The summed E-state index contributed by atoms with van der Waals surface area (Å²) >= 11 is 0. The number of fused-ring (bicyclic) bond motifs is 1. The van der Waals surface area contributed by atoms with Crippen molar-refractivity contribution in [3.8, 4) is 22.8 Å². The van der Waals surface area contributed by atoms with Crippen LogP contribution < -0.4 is 14.9 Å². The van der Waals surface area contributed by atoms with Gasteiger partial charge in [-0.3, -0.25) is 4.79 Å². The Kier molecular flexibility index (Phi) is 5.98. The quantitative estimate of drug-likeness (QED) is 0.361. The highest BCUT2D eigenvalue weighted by Crippen LogP contribution is 2.31. The van der Waals surface area contributed by atoms with Gasteiger partial charge in [0.15, 0.2) is 6.61 Å². The normalized spacial score (nSPS) is 11.0. The number of para-hydroxylation sites is 1. The molecule has 0 unspecified atom stereocenters. The number of rotatable bonds is 7. The van der Waals surface area contributed by atoms with Gasteiger partial charge in [0.05, 0.1) is 19.0 Å². The zero-order valence-electron chi connectivity index (χ0n) is 17.4. The van der Waals surface area contributed by atoms with Gasteiger partial charge in [-0.15, -0.1) is 0 Å². The van der Waals surface area contributed by atoms with Gasteiger partial charge in [-0.2, -0.15) is 5.10 Å². The van der Waals surface area contributed by atoms with E-state index in [9.17, 15) is 4.79 Å². The average Bonchev–Trinajstić information content (AvgIpc) is 3.10. The maximum atomic E-state index is 12.2. The Morgan fingerprint density at radius 2 is 1.65 bits per heavy atom. The third-order valence-corrected chi connectivity index (χ3v) is 5.01. The number of nitrogens with one attached hydrogen (secondary N) is 1. The van der Waals surface area contributed by atoms with Gasteiger partial charge in [0.1, 0.15) is 11.5 Å². The number of amides is 1. The van der Waals surface area contributed by atoms with Crippen LogP contribution in [0.5, 0.6) is 11.5 Å². The van der Waals surface area contributed by atoms with Crippen LogP contribution in [0.25, 0.3) is 22.2 Å². The van der Waals surface area contributed by atoms with Crippen LogP contribution in [0.4, 0.5) is 0 Å². The van der Waals surface area contributed by atoms with E-state index >= 15 is 0 Å². The second-order valence-electron chi connectivity index (χ2n) is 6.96. The third-order valence-electron chi connectivity index (χ3n) is 5.01. The van der Waals surface area contributed by atoms with E-state index in [1.165, 1.54) is 0 Å². The molecule has 1 N–H and O–H groups in total. The lowest BCUT2D eigenvalue weighted by molar-refractivity contribution is -0.123. The smallest absolute Gasteiger partial charge is 0.277 e. The highest BCUT2D eigenvalue weighted by molar-refractivity contribution is 6.06. The fourth-order valence-corrected chi connectivity index (χ4v) is 3.52. The van der Waals surface area contributed by atoms with Gasteiger partial charge >= 0.3 is 0 Å². The Morgan fingerprint density at radius 1 is 0.968 bits per heavy atom. The van der Waals surface area contributed by atoms with E-state index in [2.05, 4.69) is 39.4 Å². The Morgan fingerprint density at radius 3 is 2.39 bits per heavy atom. The first-order valence-electron chi connectivity index (χ1n) is 9.89. The lowest BCUT2D eigenvalue weighted by Crippen LogP contribution is -2.24. The molecule has 6 nitrogen and oxygen atoms in total. The summed E-state index contributed by atoms with van der Waals surface area (Å²) in [6, 6.07) is 25.3. The van der Waals surface area contributed by atoms with Crippen molar-refractivity contribution in [2.45, 2.75) is 0 Å². The molecular formula is C25H23N3O3. The summed E-state index contributed by atoms with van der Waals surface area (Å²) < 4.78 is 12.7. The first kappa shape index (κ1) is 20.2. The van der Waals surface area contributed by atoms with Gasteiger partial charge in [-0.25, -0.2) is 5.43 Å². The first-order chi connectivity index (χ1) is 15.2. The van der Waals surface area contributed by atoms with E-state index in [-0.39, 0.29) is 12.5 Å². The molecule has 4 rings (SSSR count). The third kappa shape index (κ3) is 4.43. The standard InChI is InChI=1S/C25H23N3O3/c1-28-23-11-7-6-10-21(23)22(25(28)18-8-4-3-5-9-18)16-26-27-24(29)17-31-20-14-12-19(30-2)13-15-20/h3-16H,17H2,1-2H3,(H,27,29). The lowest BCUT2D eigenvalue weighted by Gasteiger charge is -2.07. The van der Waals surface area contributed by atoms with Crippen LogP contribution in [-0.4, -0.2) is 30.4 Å². The molecule has 4 aromatic rings. The number of benzene rings is 3. The summed E-state index contributed by atoms with van der Waals surface area (Å²) in [4.78, 5) is 12.2.